The van der Waals surface area contributed by atoms with Gasteiger partial charge >= 0.3 is 0 Å². The number of halogens is 2. The van der Waals surface area contributed by atoms with E-state index in [1.165, 1.54) is 4.90 Å². The van der Waals surface area contributed by atoms with Crippen molar-refractivity contribution in [2.75, 3.05) is 4.90 Å². The van der Waals surface area contributed by atoms with E-state index in [0.717, 1.165) is 22.3 Å². The molecule has 4 atom stereocenters. The molecule has 3 aromatic rings. The summed E-state index contributed by atoms with van der Waals surface area (Å²) in [6, 6.07) is 25.3. The molecule has 2 fully saturated rings. The highest BCUT2D eigenvalue weighted by atomic mass is 35.5. The number of benzene rings is 3. The standard InChI is InChI=1S/C28H19Cl2NO2/c29-21-14-11-18(15-22(21)30)31-27(32)25-19-12-13-20(26(25)28(31)33)24(19)23(16-7-3-1-4-8-16)17-9-5-2-6-10-17/h1-15,19-20,25-26H/t19-,20-,25+,26+/m0/s1. The molecule has 3 nitrogen and oxygen atoms in total. The molecule has 6 rings (SSSR count). The fourth-order valence-corrected chi connectivity index (χ4v) is 5.98. The predicted octanol–water partition coefficient (Wildman–Crippen LogP) is 6.42. The first-order valence-corrected chi connectivity index (χ1v) is 11.7. The maximum Gasteiger partial charge on any atom is 0.238 e. The molecule has 0 unspecified atom stereocenters. The van der Waals surface area contributed by atoms with E-state index in [0.29, 0.717) is 15.7 Å². The van der Waals surface area contributed by atoms with E-state index in [2.05, 4.69) is 36.4 Å². The Balaban J connectivity index is 1.48. The topological polar surface area (TPSA) is 37.4 Å². The van der Waals surface area contributed by atoms with Crippen molar-refractivity contribution in [3.8, 4) is 0 Å². The first-order valence-electron chi connectivity index (χ1n) is 10.9. The van der Waals surface area contributed by atoms with Crippen LogP contribution in [0.4, 0.5) is 5.69 Å². The minimum atomic E-state index is -0.403. The largest absolute Gasteiger partial charge is 0.274 e. The molecule has 1 saturated carbocycles. The zero-order valence-corrected chi connectivity index (χ0v) is 19.0. The summed E-state index contributed by atoms with van der Waals surface area (Å²) in [7, 11) is 0. The monoisotopic (exact) mass is 471 g/mol. The van der Waals surface area contributed by atoms with Gasteiger partial charge in [0.25, 0.3) is 0 Å². The molecule has 0 radical (unpaired) electrons. The van der Waals surface area contributed by atoms with Crippen LogP contribution < -0.4 is 4.90 Å². The van der Waals surface area contributed by atoms with Crippen LogP contribution in [0.15, 0.2) is 96.6 Å². The summed E-state index contributed by atoms with van der Waals surface area (Å²) in [6.45, 7) is 0. The van der Waals surface area contributed by atoms with E-state index < -0.39 is 11.8 Å². The molecule has 1 aliphatic heterocycles. The number of hydrogen-bond acceptors (Lipinski definition) is 2. The van der Waals surface area contributed by atoms with Crippen LogP contribution in [-0.4, -0.2) is 11.8 Å². The number of carbonyl (C=O) groups is 2. The number of amides is 2. The Morgan fingerprint density at radius 3 is 1.67 bits per heavy atom. The Bertz CT molecular complexity index is 1270. The van der Waals surface area contributed by atoms with Gasteiger partial charge in [-0.15, -0.1) is 0 Å². The molecule has 0 spiro atoms. The van der Waals surface area contributed by atoms with Crippen LogP contribution in [0.2, 0.25) is 10.0 Å². The SMILES string of the molecule is O=C1[C@H]2[C@H](C(=O)N1c1ccc(Cl)c(Cl)c1)[C@H]1C=C[C@H]2C1=C(c1ccccc1)c1ccccc1. The lowest BCUT2D eigenvalue weighted by Crippen LogP contribution is -2.33. The second-order valence-electron chi connectivity index (χ2n) is 8.66. The van der Waals surface area contributed by atoms with E-state index in [1.807, 2.05) is 36.4 Å². The summed E-state index contributed by atoms with van der Waals surface area (Å²) in [4.78, 5) is 28.5. The van der Waals surface area contributed by atoms with E-state index >= 15 is 0 Å². The lowest BCUT2D eigenvalue weighted by atomic mass is 9.85. The highest BCUT2D eigenvalue weighted by Gasteiger charge is 2.62. The Morgan fingerprint density at radius 2 is 1.18 bits per heavy atom. The number of anilines is 1. The van der Waals surface area contributed by atoms with Gasteiger partial charge in [-0.05, 0) is 40.5 Å². The smallest absolute Gasteiger partial charge is 0.238 e. The Labute approximate surface area is 201 Å². The molecular formula is C28H19Cl2NO2. The second-order valence-corrected chi connectivity index (χ2v) is 9.48. The molecule has 5 heteroatoms. The van der Waals surface area contributed by atoms with Crippen molar-refractivity contribution in [3.05, 3.63) is 118 Å². The molecule has 1 heterocycles. The van der Waals surface area contributed by atoms with Gasteiger partial charge in [0.1, 0.15) is 0 Å². The molecule has 0 aromatic heterocycles. The van der Waals surface area contributed by atoms with Crippen LogP contribution >= 0.6 is 23.2 Å². The molecule has 3 aliphatic rings. The van der Waals surface area contributed by atoms with Crippen LogP contribution in [-0.2, 0) is 9.59 Å². The van der Waals surface area contributed by atoms with E-state index in [-0.39, 0.29) is 23.7 Å². The molecule has 0 N–H and O–H groups in total. The first kappa shape index (κ1) is 20.5. The van der Waals surface area contributed by atoms with Gasteiger partial charge in [-0.2, -0.15) is 0 Å². The third-order valence-corrected chi connectivity index (χ3v) is 7.73. The van der Waals surface area contributed by atoms with Crippen molar-refractivity contribution >= 4 is 46.3 Å². The normalized spacial score (nSPS) is 25.2. The van der Waals surface area contributed by atoms with E-state index in [9.17, 15) is 9.59 Å². The van der Waals surface area contributed by atoms with Crippen LogP contribution in [0.1, 0.15) is 11.1 Å². The second kappa shape index (κ2) is 7.72. The van der Waals surface area contributed by atoms with Gasteiger partial charge in [0.2, 0.25) is 11.8 Å². The summed E-state index contributed by atoms with van der Waals surface area (Å²) in [5.74, 6) is -1.37. The zero-order valence-electron chi connectivity index (χ0n) is 17.5. The summed E-state index contributed by atoms with van der Waals surface area (Å²) in [6.07, 6.45) is 4.22. The highest BCUT2D eigenvalue weighted by molar-refractivity contribution is 6.42. The van der Waals surface area contributed by atoms with Crippen molar-refractivity contribution < 1.29 is 9.59 Å². The third kappa shape index (κ3) is 3.03. The average molecular weight is 472 g/mol. The summed E-state index contributed by atoms with van der Waals surface area (Å²) in [5, 5.41) is 0.714. The number of carbonyl (C=O) groups excluding carboxylic acids is 2. The van der Waals surface area contributed by atoms with Crippen LogP contribution in [0.5, 0.6) is 0 Å². The first-order chi connectivity index (χ1) is 16.1. The van der Waals surface area contributed by atoms with Crippen molar-refractivity contribution in [3.63, 3.8) is 0 Å². The zero-order chi connectivity index (χ0) is 22.7. The number of hydrogen-bond donors (Lipinski definition) is 0. The number of nitrogens with zero attached hydrogens (tertiary/aromatic N) is 1. The fourth-order valence-electron chi connectivity index (χ4n) is 5.68. The van der Waals surface area contributed by atoms with E-state index in [4.69, 9.17) is 23.2 Å². The fraction of sp³-hybridized carbons (Fsp3) is 0.143. The predicted molar refractivity (Wildman–Crippen MR) is 131 cm³/mol. The summed E-state index contributed by atoms with van der Waals surface area (Å²) in [5.41, 5.74) is 4.95. The molecule has 2 aliphatic carbocycles. The van der Waals surface area contributed by atoms with Crippen LogP contribution in [0, 0.1) is 23.7 Å². The van der Waals surface area contributed by atoms with E-state index in [1.54, 1.807) is 18.2 Å². The van der Waals surface area contributed by atoms with Crippen molar-refractivity contribution in [1.29, 1.82) is 0 Å². The number of allylic oxidation sites excluding steroid dienone is 3. The van der Waals surface area contributed by atoms with Crippen molar-refractivity contribution in [1.82, 2.24) is 0 Å². The van der Waals surface area contributed by atoms with Crippen molar-refractivity contribution in [2.24, 2.45) is 23.7 Å². The van der Waals surface area contributed by atoms with Crippen LogP contribution in [0.25, 0.3) is 5.57 Å². The Kier molecular flexibility index (Phi) is 4.79. The third-order valence-electron chi connectivity index (χ3n) is 6.99. The highest BCUT2D eigenvalue weighted by Crippen LogP contribution is 2.59. The summed E-state index contributed by atoms with van der Waals surface area (Å²) < 4.78 is 0. The van der Waals surface area contributed by atoms with Gasteiger partial charge in [0.05, 0.1) is 27.6 Å². The molecule has 2 amide bonds. The molecule has 1 saturated heterocycles. The average Bonchev–Trinajstić information content (AvgIpc) is 3.47. The lowest BCUT2D eigenvalue weighted by molar-refractivity contribution is -0.122. The van der Waals surface area contributed by atoms with Gasteiger partial charge in [0, 0.05) is 11.8 Å². The summed E-state index contributed by atoms with van der Waals surface area (Å²) >= 11 is 12.2. The van der Waals surface area contributed by atoms with Gasteiger partial charge < -0.3 is 0 Å². The molecular weight excluding hydrogens is 453 g/mol. The number of rotatable bonds is 3. The lowest BCUT2D eigenvalue weighted by Gasteiger charge is -2.22. The van der Waals surface area contributed by atoms with Gasteiger partial charge in [-0.3, -0.25) is 9.59 Å². The van der Waals surface area contributed by atoms with Gasteiger partial charge in [0.15, 0.2) is 0 Å². The Morgan fingerprint density at radius 1 is 0.667 bits per heavy atom. The number of fused-ring (bicyclic) bond motifs is 5. The molecule has 162 valence electrons. The van der Waals surface area contributed by atoms with Gasteiger partial charge in [-0.1, -0.05) is 96.0 Å². The van der Waals surface area contributed by atoms with Crippen molar-refractivity contribution in [2.45, 2.75) is 0 Å². The van der Waals surface area contributed by atoms with Gasteiger partial charge in [-0.25, -0.2) is 4.90 Å². The molecule has 2 bridgehead atoms. The van der Waals surface area contributed by atoms with Crippen LogP contribution in [0.3, 0.4) is 0 Å². The molecule has 33 heavy (non-hydrogen) atoms. The quantitative estimate of drug-likeness (QED) is 0.326. The minimum Gasteiger partial charge on any atom is -0.274 e. The Hall–Kier alpha value is -3.14. The minimum absolute atomic E-state index is 0.111. The molecule has 3 aromatic carbocycles. The maximum absolute atomic E-state index is 13.6. The number of imide groups is 1. The maximum atomic E-state index is 13.6.